The van der Waals surface area contributed by atoms with Crippen molar-refractivity contribution >= 4 is 5.97 Å². The van der Waals surface area contributed by atoms with Crippen molar-refractivity contribution in [2.24, 2.45) is 0 Å². The second-order valence-corrected chi connectivity index (χ2v) is 5.89. The normalized spacial score (nSPS) is 25.9. The number of ether oxygens (including phenoxy) is 1. The van der Waals surface area contributed by atoms with E-state index in [4.69, 9.17) is 4.74 Å². The molecule has 0 saturated carbocycles. The Balaban J connectivity index is 1.61. The van der Waals surface area contributed by atoms with Crippen molar-refractivity contribution < 1.29 is 24.9 Å². The van der Waals surface area contributed by atoms with Crippen LogP contribution in [0.5, 0.6) is 0 Å². The molecule has 2 aromatic rings. The molecule has 0 bridgehead atoms. The Morgan fingerprint density at radius 3 is 2.60 bits per heavy atom. The van der Waals surface area contributed by atoms with E-state index < -0.39 is 30.3 Å². The molecule has 4 N–H and O–H groups in total. The molecule has 4 atom stereocenters. The van der Waals surface area contributed by atoms with Gasteiger partial charge in [-0.15, -0.1) is 5.10 Å². The van der Waals surface area contributed by atoms with Gasteiger partial charge < -0.3 is 25.4 Å². The van der Waals surface area contributed by atoms with E-state index in [1.807, 2.05) is 6.07 Å². The molecule has 3 rings (SSSR count). The molecule has 1 saturated heterocycles. The minimum Gasteiger partial charge on any atom is -0.456 e. The van der Waals surface area contributed by atoms with Crippen LogP contribution < -0.4 is 5.32 Å². The van der Waals surface area contributed by atoms with Crippen LogP contribution in [-0.2, 0) is 17.9 Å². The number of nitrogens with zero attached hydrogens (tertiary/aromatic N) is 3. The summed E-state index contributed by atoms with van der Waals surface area (Å²) in [7, 11) is 0. The number of hydrogen-bond donors (Lipinski definition) is 4. The van der Waals surface area contributed by atoms with Gasteiger partial charge >= 0.3 is 5.97 Å². The molecule has 1 aromatic carbocycles. The lowest BCUT2D eigenvalue weighted by molar-refractivity contribution is 0.0172. The molecule has 1 aliphatic rings. The maximum absolute atomic E-state index is 12.0. The van der Waals surface area contributed by atoms with Crippen molar-refractivity contribution in [1.82, 2.24) is 20.3 Å². The van der Waals surface area contributed by atoms with E-state index in [-0.39, 0.29) is 19.8 Å². The molecule has 2 heterocycles. The highest BCUT2D eigenvalue weighted by Crippen LogP contribution is 2.16. The summed E-state index contributed by atoms with van der Waals surface area (Å²) in [6, 6.07) is 7.53. The molecule has 0 aliphatic carbocycles. The summed E-state index contributed by atoms with van der Waals surface area (Å²) in [6.07, 6.45) is -0.626. The number of aliphatic hydroxyl groups is 3. The molecule has 134 valence electrons. The Morgan fingerprint density at radius 2 is 1.92 bits per heavy atom. The van der Waals surface area contributed by atoms with Gasteiger partial charge in [0, 0.05) is 0 Å². The fourth-order valence-corrected chi connectivity index (χ4v) is 2.80. The summed E-state index contributed by atoms with van der Waals surface area (Å²) in [5, 5.41) is 39.7. The Morgan fingerprint density at radius 1 is 1.20 bits per heavy atom. The Kier molecular flexibility index (Phi) is 5.39. The summed E-state index contributed by atoms with van der Waals surface area (Å²) in [5.74, 6) is -0.455. The van der Waals surface area contributed by atoms with Crippen LogP contribution in [0.4, 0.5) is 0 Å². The monoisotopic (exact) mass is 348 g/mol. The Bertz CT molecular complexity index is 708. The zero-order valence-corrected chi connectivity index (χ0v) is 13.4. The molecule has 25 heavy (non-hydrogen) atoms. The van der Waals surface area contributed by atoms with Gasteiger partial charge in [-0.1, -0.05) is 23.4 Å². The topological polar surface area (TPSA) is 130 Å². The molecule has 0 unspecified atom stereocenters. The number of hydrogen-bond acceptors (Lipinski definition) is 8. The van der Waals surface area contributed by atoms with Crippen molar-refractivity contribution in [2.75, 3.05) is 6.61 Å². The summed E-state index contributed by atoms with van der Waals surface area (Å²) < 4.78 is 6.75. The number of nitrogens with one attached hydrogen (secondary N) is 1. The average Bonchev–Trinajstić information content (AvgIpc) is 3.19. The first-order chi connectivity index (χ1) is 12.1. The van der Waals surface area contributed by atoms with Crippen LogP contribution in [0.25, 0.3) is 0 Å². The molecule has 9 heteroatoms. The maximum Gasteiger partial charge on any atom is 0.338 e. The number of carbonyl (C=O) groups is 1. The summed E-state index contributed by atoms with van der Waals surface area (Å²) in [5.41, 5.74) is 1.00. The standard InChI is InChI=1S/C16H20N4O5/c21-8-13-15(23)14(22)12(18-13)7-20-11(6-17-19-20)9-25-16(24)10-4-2-1-3-5-10/h1-6,12-15,18,21-23H,7-9H2/t12-,13-,14-,15-/m1/s1. The van der Waals surface area contributed by atoms with Crippen LogP contribution in [0.15, 0.2) is 36.5 Å². The quantitative estimate of drug-likeness (QED) is 0.474. The predicted octanol–water partition coefficient (Wildman–Crippen LogP) is -1.31. The number of aromatic nitrogens is 3. The lowest BCUT2D eigenvalue weighted by atomic mass is 10.1. The molecule has 0 spiro atoms. The van der Waals surface area contributed by atoms with Gasteiger partial charge in [-0.25, -0.2) is 9.48 Å². The van der Waals surface area contributed by atoms with Gasteiger partial charge in [0.25, 0.3) is 0 Å². The van der Waals surface area contributed by atoms with Crippen LogP contribution in [0, 0.1) is 0 Å². The fourth-order valence-electron chi connectivity index (χ4n) is 2.80. The van der Waals surface area contributed by atoms with Crippen LogP contribution in [0.3, 0.4) is 0 Å². The van der Waals surface area contributed by atoms with Gasteiger partial charge in [-0.05, 0) is 12.1 Å². The van der Waals surface area contributed by atoms with E-state index in [0.717, 1.165) is 0 Å². The Hall–Kier alpha value is -2.33. The zero-order chi connectivity index (χ0) is 17.8. The molecule has 1 aliphatic heterocycles. The summed E-state index contributed by atoms with van der Waals surface area (Å²) in [4.78, 5) is 12.0. The molecule has 9 nitrogen and oxygen atoms in total. The third kappa shape index (κ3) is 3.85. The second kappa shape index (κ2) is 7.70. The van der Waals surface area contributed by atoms with Crippen LogP contribution in [0.2, 0.25) is 0 Å². The first-order valence-electron chi connectivity index (χ1n) is 7.92. The van der Waals surface area contributed by atoms with Gasteiger partial charge in [0.15, 0.2) is 0 Å². The summed E-state index contributed by atoms with van der Waals surface area (Å²) >= 11 is 0. The van der Waals surface area contributed by atoms with Gasteiger partial charge in [0.2, 0.25) is 0 Å². The van der Waals surface area contributed by atoms with Crippen molar-refractivity contribution in [3.05, 3.63) is 47.8 Å². The van der Waals surface area contributed by atoms with Crippen LogP contribution >= 0.6 is 0 Å². The minimum absolute atomic E-state index is 0.0183. The minimum atomic E-state index is -1.06. The van der Waals surface area contributed by atoms with E-state index in [1.165, 1.54) is 10.9 Å². The van der Waals surface area contributed by atoms with Gasteiger partial charge in [0.1, 0.15) is 6.61 Å². The van der Waals surface area contributed by atoms with E-state index in [1.54, 1.807) is 24.3 Å². The molecular formula is C16H20N4O5. The molecule has 1 aromatic heterocycles. The lowest BCUT2D eigenvalue weighted by Gasteiger charge is -2.16. The van der Waals surface area contributed by atoms with Crippen molar-refractivity contribution in [2.45, 2.75) is 37.4 Å². The number of esters is 1. The van der Waals surface area contributed by atoms with Gasteiger partial charge in [-0.3, -0.25) is 0 Å². The molecule has 1 fully saturated rings. The lowest BCUT2D eigenvalue weighted by Crippen LogP contribution is -2.38. The van der Waals surface area contributed by atoms with E-state index in [2.05, 4.69) is 15.6 Å². The second-order valence-electron chi connectivity index (χ2n) is 5.89. The number of benzene rings is 1. The number of aliphatic hydroxyl groups excluding tert-OH is 3. The van der Waals surface area contributed by atoms with E-state index >= 15 is 0 Å². The zero-order valence-electron chi connectivity index (χ0n) is 13.4. The van der Waals surface area contributed by atoms with Crippen LogP contribution in [-0.4, -0.2) is 67.2 Å². The first-order valence-corrected chi connectivity index (χ1v) is 7.92. The Labute approximate surface area is 143 Å². The molecule has 0 amide bonds. The van der Waals surface area contributed by atoms with Crippen molar-refractivity contribution in [1.29, 1.82) is 0 Å². The van der Waals surface area contributed by atoms with Crippen molar-refractivity contribution in [3.8, 4) is 0 Å². The first kappa shape index (κ1) is 17.5. The van der Waals surface area contributed by atoms with Gasteiger partial charge in [0.05, 0.1) is 54.9 Å². The number of rotatable bonds is 6. The largest absolute Gasteiger partial charge is 0.456 e. The van der Waals surface area contributed by atoms with Crippen LogP contribution in [0.1, 0.15) is 16.1 Å². The maximum atomic E-state index is 12.0. The highest BCUT2D eigenvalue weighted by atomic mass is 16.5. The van der Waals surface area contributed by atoms with E-state index in [9.17, 15) is 20.1 Å². The fraction of sp³-hybridized carbons (Fsp3) is 0.438. The average molecular weight is 348 g/mol. The highest BCUT2D eigenvalue weighted by Gasteiger charge is 2.40. The third-order valence-electron chi connectivity index (χ3n) is 4.23. The summed E-state index contributed by atoms with van der Waals surface area (Å²) in [6.45, 7) is -0.0872. The number of carbonyl (C=O) groups excluding carboxylic acids is 1. The predicted molar refractivity (Wildman–Crippen MR) is 85.4 cm³/mol. The molecule has 0 radical (unpaired) electrons. The van der Waals surface area contributed by atoms with Gasteiger partial charge in [-0.2, -0.15) is 0 Å². The molecular weight excluding hydrogens is 328 g/mol. The highest BCUT2D eigenvalue weighted by molar-refractivity contribution is 5.89. The third-order valence-corrected chi connectivity index (χ3v) is 4.23. The SMILES string of the molecule is O=C(OCc1cnnn1C[C@H]1N[C@H](CO)[C@@H](O)[C@@H]1O)c1ccccc1. The van der Waals surface area contributed by atoms with Crippen molar-refractivity contribution in [3.63, 3.8) is 0 Å². The smallest absolute Gasteiger partial charge is 0.338 e. The van der Waals surface area contributed by atoms with E-state index in [0.29, 0.717) is 11.3 Å².